The topological polar surface area (TPSA) is 45.2 Å². The number of hydrogen-bond donors (Lipinski definition) is 1. The van der Waals surface area contributed by atoms with Crippen molar-refractivity contribution < 1.29 is 18.0 Å². The van der Waals surface area contributed by atoms with Crippen molar-refractivity contribution in [2.45, 2.75) is 19.3 Å². The van der Waals surface area contributed by atoms with E-state index < -0.39 is 11.7 Å². The number of benzene rings is 1. The molecule has 1 aliphatic heterocycles. The number of amides is 1. The minimum atomic E-state index is -4.40. The summed E-state index contributed by atoms with van der Waals surface area (Å²) in [6, 6.07) is 8.53. The van der Waals surface area contributed by atoms with Crippen LogP contribution in [-0.2, 0) is 24.1 Å². The Balaban J connectivity index is 1.60. The summed E-state index contributed by atoms with van der Waals surface area (Å²) in [5.41, 5.74) is 1.38. The number of anilines is 1. The molecule has 0 atom stereocenters. The number of fused-ring (bicyclic) bond motifs is 1. The minimum absolute atomic E-state index is 0.0602. The second-order valence-corrected chi connectivity index (χ2v) is 5.29. The molecule has 0 saturated heterocycles. The van der Waals surface area contributed by atoms with Crippen LogP contribution >= 0.6 is 0 Å². The van der Waals surface area contributed by atoms with Crippen LogP contribution in [0, 0.1) is 0 Å². The van der Waals surface area contributed by atoms with Crippen molar-refractivity contribution in [1.82, 2.24) is 9.88 Å². The molecule has 1 N–H and O–H groups in total. The maximum Gasteiger partial charge on any atom is 0.416 e. The molecule has 0 radical (unpaired) electrons. The van der Waals surface area contributed by atoms with Crippen LogP contribution in [0.5, 0.6) is 0 Å². The van der Waals surface area contributed by atoms with Gasteiger partial charge in [0.25, 0.3) is 0 Å². The standard InChI is InChI=1S/C16H14F3N3O/c17-16(18,19)12-4-1-5-13(7-12)21-8-15(23)22-9-11-3-2-6-20-14(11)10-22/h1-7,21H,8-10H2. The normalized spacial score (nSPS) is 13.8. The number of carbonyl (C=O) groups excluding carboxylic acids is 1. The van der Waals surface area contributed by atoms with Gasteiger partial charge in [0.15, 0.2) is 0 Å². The molecule has 3 rings (SSSR count). The number of nitrogens with zero attached hydrogens (tertiary/aromatic N) is 2. The number of hydrogen-bond acceptors (Lipinski definition) is 3. The average Bonchev–Trinajstić information content (AvgIpc) is 2.96. The fraction of sp³-hybridized carbons (Fsp3) is 0.250. The highest BCUT2D eigenvalue weighted by Crippen LogP contribution is 2.30. The third kappa shape index (κ3) is 3.44. The molecule has 0 spiro atoms. The smallest absolute Gasteiger partial charge is 0.376 e. The van der Waals surface area contributed by atoms with Crippen molar-refractivity contribution in [2.75, 3.05) is 11.9 Å². The van der Waals surface area contributed by atoms with Gasteiger partial charge in [0.05, 0.1) is 24.3 Å². The van der Waals surface area contributed by atoms with Crippen molar-refractivity contribution in [1.29, 1.82) is 0 Å². The molecule has 0 aliphatic carbocycles. The Morgan fingerprint density at radius 2 is 2.04 bits per heavy atom. The van der Waals surface area contributed by atoms with Gasteiger partial charge >= 0.3 is 6.18 Å². The minimum Gasteiger partial charge on any atom is -0.376 e. The molecule has 0 unspecified atom stereocenters. The summed E-state index contributed by atoms with van der Waals surface area (Å²) in [6.45, 7) is 0.848. The van der Waals surface area contributed by atoms with E-state index in [-0.39, 0.29) is 18.1 Å². The summed E-state index contributed by atoms with van der Waals surface area (Å²) in [6.07, 6.45) is -2.72. The van der Waals surface area contributed by atoms with Gasteiger partial charge in [0, 0.05) is 18.4 Å². The SMILES string of the molecule is O=C(CNc1cccc(C(F)(F)F)c1)N1Cc2cccnc2C1. The van der Waals surface area contributed by atoms with Gasteiger partial charge in [-0.25, -0.2) is 0 Å². The maximum absolute atomic E-state index is 12.7. The predicted molar refractivity (Wildman–Crippen MR) is 78.4 cm³/mol. The second-order valence-electron chi connectivity index (χ2n) is 5.29. The van der Waals surface area contributed by atoms with Crippen LogP contribution < -0.4 is 5.32 Å². The number of alkyl halides is 3. The third-order valence-electron chi connectivity index (χ3n) is 3.67. The highest BCUT2D eigenvalue weighted by molar-refractivity contribution is 5.81. The van der Waals surface area contributed by atoms with E-state index in [1.807, 2.05) is 12.1 Å². The summed E-state index contributed by atoms with van der Waals surface area (Å²) < 4.78 is 38.0. The molecule has 4 nitrogen and oxygen atoms in total. The van der Waals surface area contributed by atoms with Gasteiger partial charge in [0.1, 0.15) is 0 Å². The molecule has 1 aromatic heterocycles. The van der Waals surface area contributed by atoms with Crippen molar-refractivity contribution in [2.24, 2.45) is 0 Å². The van der Waals surface area contributed by atoms with Gasteiger partial charge in [-0.05, 0) is 29.8 Å². The zero-order valence-corrected chi connectivity index (χ0v) is 12.1. The van der Waals surface area contributed by atoms with Crippen molar-refractivity contribution in [3.8, 4) is 0 Å². The summed E-state index contributed by atoms with van der Waals surface area (Å²) in [5, 5.41) is 2.75. The zero-order chi connectivity index (χ0) is 16.4. The van der Waals surface area contributed by atoms with E-state index in [1.165, 1.54) is 12.1 Å². The highest BCUT2D eigenvalue weighted by Gasteiger charge is 2.30. The number of rotatable bonds is 3. The Morgan fingerprint density at radius 1 is 1.22 bits per heavy atom. The lowest BCUT2D eigenvalue weighted by Gasteiger charge is -2.16. The monoisotopic (exact) mass is 321 g/mol. The number of nitrogens with one attached hydrogen (secondary N) is 1. The molecule has 1 amide bonds. The molecule has 1 aromatic carbocycles. The van der Waals surface area contributed by atoms with Crippen LogP contribution in [0.3, 0.4) is 0 Å². The number of carbonyl (C=O) groups is 1. The van der Waals surface area contributed by atoms with Gasteiger partial charge in [-0.15, -0.1) is 0 Å². The van der Waals surface area contributed by atoms with Crippen molar-refractivity contribution >= 4 is 11.6 Å². The Morgan fingerprint density at radius 3 is 2.78 bits per heavy atom. The first-order chi connectivity index (χ1) is 10.9. The van der Waals surface area contributed by atoms with Crippen LogP contribution in [0.25, 0.3) is 0 Å². The maximum atomic E-state index is 12.7. The molecule has 1 aliphatic rings. The Bertz CT molecular complexity index is 706. The molecule has 120 valence electrons. The second kappa shape index (κ2) is 5.91. The molecule has 0 bridgehead atoms. The van der Waals surface area contributed by atoms with Crippen LogP contribution in [0.4, 0.5) is 18.9 Å². The Kier molecular flexibility index (Phi) is 3.94. The Labute approximate surface area is 130 Å². The van der Waals surface area contributed by atoms with Crippen molar-refractivity contribution in [3.05, 3.63) is 59.4 Å². The highest BCUT2D eigenvalue weighted by atomic mass is 19.4. The molecule has 7 heteroatoms. The first-order valence-corrected chi connectivity index (χ1v) is 7.05. The van der Waals surface area contributed by atoms with Crippen molar-refractivity contribution in [3.63, 3.8) is 0 Å². The summed E-state index contributed by atoms with van der Waals surface area (Å²) in [5.74, 6) is -0.180. The lowest BCUT2D eigenvalue weighted by atomic mass is 10.2. The lowest BCUT2D eigenvalue weighted by Crippen LogP contribution is -2.31. The fourth-order valence-electron chi connectivity index (χ4n) is 2.47. The summed E-state index contributed by atoms with van der Waals surface area (Å²) >= 11 is 0. The van der Waals surface area contributed by atoms with E-state index in [4.69, 9.17) is 0 Å². The zero-order valence-electron chi connectivity index (χ0n) is 12.1. The lowest BCUT2D eigenvalue weighted by molar-refractivity contribution is -0.137. The molecule has 0 saturated carbocycles. The van der Waals surface area contributed by atoms with Crippen LogP contribution in [-0.4, -0.2) is 22.3 Å². The quantitative estimate of drug-likeness (QED) is 0.945. The van der Waals surface area contributed by atoms with Crippen LogP contribution in [0.1, 0.15) is 16.8 Å². The van der Waals surface area contributed by atoms with E-state index in [9.17, 15) is 18.0 Å². The van der Waals surface area contributed by atoms with E-state index in [2.05, 4.69) is 10.3 Å². The fourth-order valence-corrected chi connectivity index (χ4v) is 2.47. The van der Waals surface area contributed by atoms with E-state index in [1.54, 1.807) is 11.1 Å². The van der Waals surface area contributed by atoms with E-state index >= 15 is 0 Å². The van der Waals surface area contributed by atoms with Gasteiger partial charge in [-0.2, -0.15) is 13.2 Å². The van der Waals surface area contributed by atoms with Gasteiger partial charge < -0.3 is 10.2 Å². The number of pyridine rings is 1. The van der Waals surface area contributed by atoms with E-state index in [0.717, 1.165) is 23.4 Å². The largest absolute Gasteiger partial charge is 0.416 e. The average molecular weight is 321 g/mol. The molecular weight excluding hydrogens is 307 g/mol. The molecule has 23 heavy (non-hydrogen) atoms. The van der Waals surface area contributed by atoms with Crippen LogP contribution in [0.15, 0.2) is 42.6 Å². The molecular formula is C16H14F3N3O. The number of halogens is 3. The van der Waals surface area contributed by atoms with Crippen LogP contribution in [0.2, 0.25) is 0 Å². The number of aromatic nitrogens is 1. The summed E-state index contributed by atoms with van der Waals surface area (Å²) in [7, 11) is 0. The Hall–Kier alpha value is -2.57. The first kappa shape index (κ1) is 15.3. The molecule has 2 aromatic rings. The van der Waals surface area contributed by atoms with E-state index in [0.29, 0.717) is 13.1 Å². The molecule has 0 fully saturated rings. The van der Waals surface area contributed by atoms with Gasteiger partial charge in [-0.3, -0.25) is 9.78 Å². The predicted octanol–water partition coefficient (Wildman–Crippen LogP) is 3.05. The van der Waals surface area contributed by atoms with Gasteiger partial charge in [-0.1, -0.05) is 12.1 Å². The van der Waals surface area contributed by atoms with Gasteiger partial charge in [0.2, 0.25) is 5.91 Å². The molecule has 2 heterocycles. The third-order valence-corrected chi connectivity index (χ3v) is 3.67. The first-order valence-electron chi connectivity index (χ1n) is 7.05. The summed E-state index contributed by atoms with van der Waals surface area (Å²) in [4.78, 5) is 18.0.